The Balaban J connectivity index is 1.50. The van der Waals surface area contributed by atoms with E-state index < -0.39 is 11.7 Å². The summed E-state index contributed by atoms with van der Waals surface area (Å²) in [5, 5.41) is 0. The van der Waals surface area contributed by atoms with Crippen LogP contribution in [0.4, 0.5) is 10.3 Å². The summed E-state index contributed by atoms with van der Waals surface area (Å²) in [6, 6.07) is 3.25. The highest BCUT2D eigenvalue weighted by atomic mass is 19.1. The second kappa shape index (κ2) is 7.20. The minimum Gasteiger partial charge on any atom is -0.493 e. The number of hydrogen-bond acceptors (Lipinski definition) is 6. The van der Waals surface area contributed by atoms with Crippen molar-refractivity contribution >= 4 is 11.9 Å². The standard InChI is InChI=1S/C16H18FN5O2/c17-12-8-20-16(21-9-12)22-5-2-11(3-6-22)10-24-13-1-4-19-14(7-13)15(18)23/h1,4,7-9,11H,2-3,5-6,10H2,(H2,18,23). The number of ether oxygens (including phenoxy) is 1. The van der Waals surface area contributed by atoms with Crippen molar-refractivity contribution in [3.05, 3.63) is 42.2 Å². The van der Waals surface area contributed by atoms with Gasteiger partial charge in [-0.3, -0.25) is 9.78 Å². The summed E-state index contributed by atoms with van der Waals surface area (Å²) in [6.07, 6.45) is 5.71. The van der Waals surface area contributed by atoms with Crippen LogP contribution in [0.1, 0.15) is 23.3 Å². The number of piperidine rings is 1. The minimum absolute atomic E-state index is 0.191. The first-order valence-electron chi connectivity index (χ1n) is 7.73. The Morgan fingerprint density at radius 2 is 2.00 bits per heavy atom. The van der Waals surface area contributed by atoms with E-state index in [9.17, 15) is 9.18 Å². The number of nitrogens with two attached hydrogens (primary N) is 1. The molecule has 1 fully saturated rings. The van der Waals surface area contributed by atoms with Crippen LogP contribution in [-0.4, -0.2) is 40.6 Å². The van der Waals surface area contributed by atoms with Gasteiger partial charge >= 0.3 is 0 Å². The molecule has 0 saturated carbocycles. The number of primary amides is 1. The van der Waals surface area contributed by atoms with E-state index in [0.717, 1.165) is 25.9 Å². The van der Waals surface area contributed by atoms with Crippen molar-refractivity contribution in [2.24, 2.45) is 11.7 Å². The Kier molecular flexibility index (Phi) is 4.83. The Labute approximate surface area is 138 Å². The van der Waals surface area contributed by atoms with Gasteiger partial charge < -0.3 is 15.4 Å². The smallest absolute Gasteiger partial charge is 0.267 e. The molecule has 3 rings (SSSR count). The van der Waals surface area contributed by atoms with E-state index in [-0.39, 0.29) is 5.69 Å². The summed E-state index contributed by atoms with van der Waals surface area (Å²) in [4.78, 5) is 25.0. The van der Waals surface area contributed by atoms with E-state index in [1.807, 2.05) is 4.90 Å². The summed E-state index contributed by atoms with van der Waals surface area (Å²) >= 11 is 0. The van der Waals surface area contributed by atoms with Crippen molar-refractivity contribution in [2.45, 2.75) is 12.8 Å². The number of nitrogens with zero attached hydrogens (tertiary/aromatic N) is 4. The lowest BCUT2D eigenvalue weighted by molar-refractivity contribution is 0.0995. The molecule has 8 heteroatoms. The normalized spacial score (nSPS) is 15.3. The fraction of sp³-hybridized carbons (Fsp3) is 0.375. The first-order chi connectivity index (χ1) is 11.6. The second-order valence-electron chi connectivity index (χ2n) is 5.68. The zero-order valence-electron chi connectivity index (χ0n) is 13.1. The van der Waals surface area contributed by atoms with Crippen molar-refractivity contribution in [3.8, 4) is 5.75 Å². The van der Waals surface area contributed by atoms with Crippen LogP contribution in [0, 0.1) is 11.7 Å². The predicted octanol–water partition coefficient (Wildman–Crippen LogP) is 1.40. The van der Waals surface area contributed by atoms with Crippen LogP contribution in [0.15, 0.2) is 30.7 Å². The van der Waals surface area contributed by atoms with Gasteiger partial charge in [0.25, 0.3) is 5.91 Å². The van der Waals surface area contributed by atoms with Crippen LogP contribution in [0.25, 0.3) is 0 Å². The van der Waals surface area contributed by atoms with Crippen LogP contribution >= 0.6 is 0 Å². The Bertz CT molecular complexity index is 702. The summed E-state index contributed by atoms with van der Waals surface area (Å²) in [5.41, 5.74) is 5.39. The first-order valence-corrected chi connectivity index (χ1v) is 7.73. The average Bonchev–Trinajstić information content (AvgIpc) is 2.61. The van der Waals surface area contributed by atoms with Gasteiger partial charge in [-0.15, -0.1) is 0 Å². The van der Waals surface area contributed by atoms with Crippen molar-refractivity contribution in [1.82, 2.24) is 15.0 Å². The molecule has 0 unspecified atom stereocenters. The lowest BCUT2D eigenvalue weighted by Crippen LogP contribution is -2.36. The first kappa shape index (κ1) is 16.1. The Morgan fingerprint density at radius 1 is 1.29 bits per heavy atom. The van der Waals surface area contributed by atoms with Crippen LogP contribution in [-0.2, 0) is 0 Å². The van der Waals surface area contributed by atoms with E-state index in [1.165, 1.54) is 18.6 Å². The van der Waals surface area contributed by atoms with Gasteiger partial charge in [0.05, 0.1) is 19.0 Å². The molecule has 1 saturated heterocycles. The van der Waals surface area contributed by atoms with Gasteiger partial charge in [-0.05, 0) is 24.8 Å². The maximum atomic E-state index is 12.9. The minimum atomic E-state index is -0.576. The monoisotopic (exact) mass is 331 g/mol. The molecule has 2 aromatic heterocycles. The van der Waals surface area contributed by atoms with Crippen LogP contribution in [0.5, 0.6) is 5.75 Å². The van der Waals surface area contributed by atoms with Crippen molar-refractivity contribution in [3.63, 3.8) is 0 Å². The van der Waals surface area contributed by atoms with Crippen molar-refractivity contribution < 1.29 is 13.9 Å². The van der Waals surface area contributed by atoms with E-state index in [0.29, 0.717) is 24.2 Å². The fourth-order valence-corrected chi connectivity index (χ4v) is 2.62. The predicted molar refractivity (Wildman–Crippen MR) is 85.2 cm³/mol. The fourth-order valence-electron chi connectivity index (χ4n) is 2.62. The SMILES string of the molecule is NC(=O)c1cc(OCC2CCN(c3ncc(F)cn3)CC2)ccn1. The van der Waals surface area contributed by atoms with Gasteiger partial charge in [0.2, 0.25) is 5.95 Å². The summed E-state index contributed by atoms with van der Waals surface area (Å²) < 4.78 is 18.6. The van der Waals surface area contributed by atoms with Crippen molar-refractivity contribution in [2.75, 3.05) is 24.6 Å². The Morgan fingerprint density at radius 3 is 2.67 bits per heavy atom. The maximum absolute atomic E-state index is 12.9. The maximum Gasteiger partial charge on any atom is 0.267 e. The van der Waals surface area contributed by atoms with Crippen LogP contribution in [0.3, 0.4) is 0 Å². The lowest BCUT2D eigenvalue weighted by Gasteiger charge is -2.31. The van der Waals surface area contributed by atoms with Gasteiger partial charge in [0.15, 0.2) is 5.82 Å². The quantitative estimate of drug-likeness (QED) is 0.890. The number of pyridine rings is 1. The molecule has 126 valence electrons. The zero-order chi connectivity index (χ0) is 16.9. The zero-order valence-corrected chi connectivity index (χ0v) is 13.1. The number of halogens is 1. The average molecular weight is 331 g/mol. The molecular weight excluding hydrogens is 313 g/mol. The number of aromatic nitrogens is 3. The number of rotatable bonds is 5. The molecule has 1 aliphatic rings. The number of hydrogen-bond donors (Lipinski definition) is 1. The van der Waals surface area contributed by atoms with E-state index in [4.69, 9.17) is 10.5 Å². The van der Waals surface area contributed by atoms with E-state index in [1.54, 1.807) is 12.1 Å². The van der Waals surface area contributed by atoms with Crippen molar-refractivity contribution in [1.29, 1.82) is 0 Å². The highest BCUT2D eigenvalue weighted by molar-refractivity contribution is 5.91. The molecule has 1 amide bonds. The largest absolute Gasteiger partial charge is 0.493 e. The highest BCUT2D eigenvalue weighted by Gasteiger charge is 2.21. The lowest BCUT2D eigenvalue weighted by atomic mass is 9.98. The molecule has 0 atom stereocenters. The number of anilines is 1. The van der Waals surface area contributed by atoms with Gasteiger partial charge in [-0.1, -0.05) is 0 Å². The third-order valence-electron chi connectivity index (χ3n) is 3.97. The summed E-state index contributed by atoms with van der Waals surface area (Å²) in [6.45, 7) is 2.14. The molecule has 3 heterocycles. The van der Waals surface area contributed by atoms with Gasteiger partial charge in [0, 0.05) is 25.4 Å². The molecule has 24 heavy (non-hydrogen) atoms. The number of carbonyl (C=O) groups is 1. The third kappa shape index (κ3) is 3.95. The number of carbonyl (C=O) groups excluding carboxylic acids is 1. The molecule has 0 radical (unpaired) electrons. The molecule has 2 aromatic rings. The molecule has 0 aromatic carbocycles. The summed E-state index contributed by atoms with van der Waals surface area (Å²) in [5.74, 6) is 0.522. The molecule has 7 nitrogen and oxygen atoms in total. The van der Waals surface area contributed by atoms with E-state index >= 15 is 0 Å². The molecular formula is C16H18FN5O2. The summed E-state index contributed by atoms with van der Waals surface area (Å²) in [7, 11) is 0. The van der Waals surface area contributed by atoms with Gasteiger partial charge in [0.1, 0.15) is 11.4 Å². The number of amides is 1. The topological polar surface area (TPSA) is 94.2 Å². The van der Waals surface area contributed by atoms with E-state index in [2.05, 4.69) is 15.0 Å². The molecule has 0 spiro atoms. The second-order valence-corrected chi connectivity index (χ2v) is 5.68. The third-order valence-corrected chi connectivity index (χ3v) is 3.97. The molecule has 1 aliphatic heterocycles. The van der Waals surface area contributed by atoms with Crippen LogP contribution in [0.2, 0.25) is 0 Å². The highest BCUT2D eigenvalue weighted by Crippen LogP contribution is 2.22. The van der Waals surface area contributed by atoms with Gasteiger partial charge in [-0.25, -0.2) is 14.4 Å². The Hall–Kier alpha value is -2.77. The molecule has 0 bridgehead atoms. The van der Waals surface area contributed by atoms with Crippen LogP contribution < -0.4 is 15.4 Å². The van der Waals surface area contributed by atoms with Gasteiger partial charge in [-0.2, -0.15) is 0 Å². The molecule has 2 N–H and O–H groups in total. The molecule has 0 aliphatic carbocycles.